The summed E-state index contributed by atoms with van der Waals surface area (Å²) in [4.78, 5) is 0. The first kappa shape index (κ1) is 6.43. The Bertz CT molecular complexity index is 8.00. The van der Waals surface area contributed by atoms with Gasteiger partial charge >= 0.3 is 51.6 Å². The molecule has 4 heteroatoms. The predicted molar refractivity (Wildman–Crippen MR) is 26.8 cm³/mol. The zero-order chi connectivity index (χ0) is 3.58. The molecule has 0 nitrogen and oxygen atoms in total. The van der Waals surface area contributed by atoms with Gasteiger partial charge in [-0.05, 0) is 0 Å². The predicted octanol–water partition coefficient (Wildman–Crippen LogP) is 2.54. The molecule has 0 aromatic heterocycles. The zero-order valence-corrected chi connectivity index (χ0v) is 9.70. The summed E-state index contributed by atoms with van der Waals surface area (Å²) < 4.78 is 0. The van der Waals surface area contributed by atoms with E-state index in [2.05, 4.69) is 34.7 Å². The monoisotopic (exact) mass is 475 g/mol. The molecule has 0 atom stereocenters. The topological polar surface area (TPSA) is 0 Å². The normalized spacial score (nSPS) is 6.75. The molecule has 0 unspecified atom stereocenters. The SMILES string of the molecule is [Br][Pu]([Br])[Br]. The van der Waals surface area contributed by atoms with Gasteiger partial charge in [0.25, 0.3) is 0 Å². The first-order valence-corrected chi connectivity index (χ1v) is 22.4. The van der Waals surface area contributed by atoms with Crippen LogP contribution in [0.4, 0.5) is 0 Å². The quantitative estimate of drug-likeness (QED) is 0.497. The molecule has 0 radical (unpaired) electrons. The molecular formula is Br3Pu. The summed E-state index contributed by atoms with van der Waals surface area (Å²) in [5.74, 6) is 0. The molecule has 0 aliphatic carbocycles. The van der Waals surface area contributed by atoms with E-state index in [0.717, 1.165) is 0 Å². The summed E-state index contributed by atoms with van der Waals surface area (Å²) in [6.07, 6.45) is 0. The average molecular weight is 484 g/mol. The van der Waals surface area contributed by atoms with E-state index in [0.29, 0.717) is 0 Å². The van der Waals surface area contributed by atoms with Crippen LogP contribution in [0.3, 0.4) is 0 Å². The molecule has 0 saturated carbocycles. The van der Waals surface area contributed by atoms with Gasteiger partial charge in [-0.15, -0.1) is 0 Å². The van der Waals surface area contributed by atoms with Crippen molar-refractivity contribution in [2.24, 2.45) is 0 Å². The minimum atomic E-state index is -1.19. The van der Waals surface area contributed by atoms with Gasteiger partial charge in [-0.2, -0.15) is 0 Å². The number of halogens is 3. The number of rotatable bonds is 0. The fraction of sp³-hybridized carbons (Fsp3) is 0. The number of hydrogen-bond donors (Lipinski definition) is 0. The van der Waals surface area contributed by atoms with Crippen molar-refractivity contribution in [2.75, 3.05) is 0 Å². The Balaban J connectivity index is 2.32. The van der Waals surface area contributed by atoms with Crippen LogP contribution in [0.2, 0.25) is 0 Å². The van der Waals surface area contributed by atoms with Gasteiger partial charge in [-0.25, -0.2) is 0 Å². The van der Waals surface area contributed by atoms with Crippen LogP contribution in [-0.4, -0.2) is 0 Å². The molecule has 0 fully saturated rings. The third-order valence-corrected chi connectivity index (χ3v) is 0. The maximum atomic E-state index is 3.31. The molecule has 0 aliphatic rings. The van der Waals surface area contributed by atoms with Crippen molar-refractivity contribution in [1.29, 1.82) is 0 Å². The standard InChI is InChI=1S/3BrH.Pu/h3*1H;/q;;;+3/p-3. The zero-order valence-electron chi connectivity index (χ0n) is 1.54. The van der Waals surface area contributed by atoms with Crippen LogP contribution >= 0.6 is 34.7 Å². The third kappa shape index (κ3) is 8.83. The van der Waals surface area contributed by atoms with Crippen LogP contribution < -0.4 is 0 Å². The minimum absolute atomic E-state index is 1.19. The van der Waals surface area contributed by atoms with Crippen molar-refractivity contribution in [1.82, 2.24) is 0 Å². The molecule has 0 heterocycles. The van der Waals surface area contributed by atoms with E-state index < -0.39 is 16.8 Å². The Morgan fingerprint density at radius 3 is 1.00 bits per heavy atom. The van der Waals surface area contributed by atoms with Crippen molar-refractivity contribution in [3.05, 3.63) is 0 Å². The average Bonchev–Trinajstić information content (AvgIpc) is 0.811. The van der Waals surface area contributed by atoms with Crippen molar-refractivity contribution >= 4 is 34.7 Å². The molecule has 4 heavy (non-hydrogen) atoms. The fourth-order valence-corrected chi connectivity index (χ4v) is 0. The third-order valence-electron chi connectivity index (χ3n) is 0. The summed E-state index contributed by atoms with van der Waals surface area (Å²) in [6.45, 7) is 0. The fourth-order valence-electron chi connectivity index (χ4n) is 0. The summed E-state index contributed by atoms with van der Waals surface area (Å²) in [7, 11) is 0. The van der Waals surface area contributed by atoms with Gasteiger partial charge in [-0.3, -0.25) is 0 Å². The van der Waals surface area contributed by atoms with Crippen LogP contribution in [0.5, 0.6) is 0 Å². The molecule has 0 aromatic rings. The van der Waals surface area contributed by atoms with Gasteiger partial charge in [0.2, 0.25) is 0 Å². The molecule has 0 bridgehead atoms. The van der Waals surface area contributed by atoms with Gasteiger partial charge in [0.05, 0.1) is 0 Å². The van der Waals surface area contributed by atoms with E-state index in [-0.39, 0.29) is 0 Å². The van der Waals surface area contributed by atoms with Crippen LogP contribution in [0.25, 0.3) is 0 Å². The second kappa shape index (κ2) is 3.61. The van der Waals surface area contributed by atoms with Crippen molar-refractivity contribution < 1.29 is 16.8 Å². The molecule has 27 valence electrons. The molecular weight excluding hydrogens is 484 g/mol. The van der Waals surface area contributed by atoms with Gasteiger partial charge in [-0.1, -0.05) is 0 Å². The second-order valence-corrected chi connectivity index (χ2v) is 44.1. The van der Waals surface area contributed by atoms with Crippen LogP contribution in [0, 0.1) is 16.8 Å². The second-order valence-electron chi connectivity index (χ2n) is 0.175. The Hall–Kier alpha value is 2.43. The van der Waals surface area contributed by atoms with Crippen LogP contribution in [-0.2, 0) is 0 Å². The van der Waals surface area contributed by atoms with Crippen molar-refractivity contribution in [3.8, 4) is 0 Å². The molecule has 0 aromatic carbocycles. The molecule has 0 saturated heterocycles. The Morgan fingerprint density at radius 2 is 1.00 bits per heavy atom. The Labute approximate surface area is 50.4 Å². The Morgan fingerprint density at radius 1 is 1.00 bits per heavy atom. The maximum absolute atomic E-state index is 3.31. The molecule has 0 N–H and O–H groups in total. The van der Waals surface area contributed by atoms with E-state index in [4.69, 9.17) is 0 Å². The van der Waals surface area contributed by atoms with Gasteiger partial charge in [0.15, 0.2) is 0 Å². The molecule has 0 aliphatic heterocycles. The first-order valence-electron chi connectivity index (χ1n) is 0.463. The van der Waals surface area contributed by atoms with Crippen LogP contribution in [0.1, 0.15) is 0 Å². The van der Waals surface area contributed by atoms with Crippen LogP contribution in [0.15, 0.2) is 0 Å². The van der Waals surface area contributed by atoms with Crippen molar-refractivity contribution in [2.45, 2.75) is 0 Å². The van der Waals surface area contributed by atoms with Gasteiger partial charge in [0, 0.05) is 0 Å². The molecule has 0 amide bonds. The molecule has 0 rings (SSSR count). The summed E-state index contributed by atoms with van der Waals surface area (Å²) in [5.41, 5.74) is 0. The van der Waals surface area contributed by atoms with Crippen molar-refractivity contribution in [3.63, 3.8) is 0 Å². The summed E-state index contributed by atoms with van der Waals surface area (Å²) >= 11 is 8.75. The summed E-state index contributed by atoms with van der Waals surface area (Å²) in [6, 6.07) is 0. The van der Waals surface area contributed by atoms with E-state index in [9.17, 15) is 0 Å². The first-order chi connectivity index (χ1) is 1.73. The van der Waals surface area contributed by atoms with E-state index in [1.807, 2.05) is 0 Å². The summed E-state index contributed by atoms with van der Waals surface area (Å²) in [5, 5.41) is 0. The van der Waals surface area contributed by atoms with E-state index in [1.165, 1.54) is 0 Å². The van der Waals surface area contributed by atoms with Gasteiger partial charge < -0.3 is 0 Å². The number of hydrogen-bond acceptors (Lipinski definition) is 0. The van der Waals surface area contributed by atoms with E-state index in [1.54, 1.807) is 0 Å². The van der Waals surface area contributed by atoms with E-state index >= 15 is 0 Å². The molecule has 0 spiro atoms. The van der Waals surface area contributed by atoms with Gasteiger partial charge in [0.1, 0.15) is 0 Å². The Kier molecular flexibility index (Phi) is 5.80.